The van der Waals surface area contributed by atoms with Crippen molar-refractivity contribution in [1.29, 1.82) is 0 Å². The Labute approximate surface area is 174 Å². The molecule has 3 N–H and O–H groups in total. The van der Waals surface area contributed by atoms with Crippen molar-refractivity contribution < 1.29 is 23.2 Å². The standard InChI is InChI=1S/C18H22F2N6O3S/c19-18(20)3-1-9(7-18)14-23-17(29-25-14)26-4-2-12-13(8-26)30-16(22-12)24-15(28)21-10-5-11(27)6-10/h9-11,27H,1-8H2,(H2,21,22,24,28)/t9?,10-,11-. The number of amides is 2. The molecule has 2 saturated carbocycles. The van der Waals surface area contributed by atoms with Crippen LogP contribution in [0.15, 0.2) is 4.52 Å². The zero-order chi connectivity index (χ0) is 20.9. The van der Waals surface area contributed by atoms with E-state index in [2.05, 4.69) is 25.8 Å². The van der Waals surface area contributed by atoms with Crippen LogP contribution in [-0.4, -0.2) is 50.9 Å². The zero-order valence-corrected chi connectivity index (χ0v) is 16.9. The highest BCUT2D eigenvalue weighted by atomic mass is 32.1. The van der Waals surface area contributed by atoms with E-state index in [0.29, 0.717) is 55.7 Å². The molecule has 5 rings (SSSR count). The van der Waals surface area contributed by atoms with E-state index in [-0.39, 0.29) is 36.9 Å². The van der Waals surface area contributed by atoms with E-state index in [1.165, 1.54) is 11.3 Å². The Morgan fingerprint density at radius 3 is 2.90 bits per heavy atom. The van der Waals surface area contributed by atoms with Gasteiger partial charge in [-0.2, -0.15) is 4.98 Å². The van der Waals surface area contributed by atoms with Gasteiger partial charge in [-0.05, 0) is 19.3 Å². The summed E-state index contributed by atoms with van der Waals surface area (Å²) in [5.41, 5.74) is 0.917. The Hall–Kier alpha value is -2.34. The van der Waals surface area contributed by atoms with Crippen LogP contribution in [0, 0.1) is 0 Å². The molecule has 9 nitrogen and oxygen atoms in total. The first-order chi connectivity index (χ1) is 14.3. The Balaban J connectivity index is 1.20. The average molecular weight is 440 g/mol. The highest BCUT2D eigenvalue weighted by Gasteiger charge is 2.42. The molecule has 2 aromatic heterocycles. The van der Waals surface area contributed by atoms with Crippen LogP contribution in [0.5, 0.6) is 0 Å². The number of alkyl halides is 2. The van der Waals surface area contributed by atoms with Gasteiger partial charge in [-0.15, -0.1) is 0 Å². The molecule has 0 bridgehead atoms. The number of hydrogen-bond donors (Lipinski definition) is 3. The molecule has 0 spiro atoms. The number of thiazole rings is 1. The number of carbonyl (C=O) groups is 1. The van der Waals surface area contributed by atoms with E-state index < -0.39 is 5.92 Å². The van der Waals surface area contributed by atoms with E-state index in [0.717, 1.165) is 10.6 Å². The monoisotopic (exact) mass is 440 g/mol. The number of aliphatic hydroxyl groups is 1. The molecule has 12 heteroatoms. The molecule has 162 valence electrons. The minimum atomic E-state index is -2.65. The van der Waals surface area contributed by atoms with Crippen molar-refractivity contribution >= 4 is 28.5 Å². The third-order valence-electron chi connectivity index (χ3n) is 5.87. The molecule has 2 fully saturated rings. The molecule has 3 aliphatic rings. The van der Waals surface area contributed by atoms with Crippen molar-refractivity contribution in [3.63, 3.8) is 0 Å². The Bertz CT molecular complexity index is 944. The number of hydrogen-bond acceptors (Lipinski definition) is 8. The summed E-state index contributed by atoms with van der Waals surface area (Å²) >= 11 is 1.38. The Morgan fingerprint density at radius 1 is 1.33 bits per heavy atom. The minimum absolute atomic E-state index is 0.00313. The number of carbonyl (C=O) groups excluding carboxylic acids is 1. The molecule has 2 aromatic rings. The number of urea groups is 1. The van der Waals surface area contributed by atoms with Crippen molar-refractivity contribution in [2.45, 2.75) is 69.1 Å². The molecule has 0 aromatic carbocycles. The van der Waals surface area contributed by atoms with Gasteiger partial charge in [0.1, 0.15) is 0 Å². The largest absolute Gasteiger partial charge is 0.393 e. The smallest absolute Gasteiger partial charge is 0.324 e. The SMILES string of the molecule is O=C(Nc1nc2c(s1)CN(c1nc(C3CCC(F)(F)C3)no1)CC2)N[C@H]1C[C@H](O)C1. The number of nitrogens with zero attached hydrogens (tertiary/aromatic N) is 4. The maximum atomic E-state index is 13.5. The summed E-state index contributed by atoms with van der Waals surface area (Å²) in [7, 11) is 0. The van der Waals surface area contributed by atoms with Gasteiger partial charge in [-0.1, -0.05) is 16.5 Å². The highest BCUT2D eigenvalue weighted by molar-refractivity contribution is 7.15. The third kappa shape index (κ3) is 3.97. The molecule has 1 unspecified atom stereocenters. The predicted octanol–water partition coefficient (Wildman–Crippen LogP) is 2.64. The van der Waals surface area contributed by atoms with Crippen LogP contribution < -0.4 is 15.5 Å². The van der Waals surface area contributed by atoms with Gasteiger partial charge in [0.05, 0.1) is 18.3 Å². The van der Waals surface area contributed by atoms with Crippen LogP contribution >= 0.6 is 11.3 Å². The first-order valence-corrected chi connectivity index (χ1v) is 10.9. The van der Waals surface area contributed by atoms with Crippen LogP contribution in [0.25, 0.3) is 0 Å². The van der Waals surface area contributed by atoms with Gasteiger partial charge in [0, 0.05) is 42.6 Å². The van der Waals surface area contributed by atoms with E-state index >= 15 is 0 Å². The number of aromatic nitrogens is 3. The molecule has 30 heavy (non-hydrogen) atoms. The summed E-state index contributed by atoms with van der Waals surface area (Å²) in [6.45, 7) is 1.12. The van der Waals surface area contributed by atoms with Gasteiger partial charge in [-0.25, -0.2) is 18.6 Å². The Morgan fingerprint density at radius 2 is 2.17 bits per heavy atom. The fourth-order valence-corrected chi connectivity index (χ4v) is 5.15. The molecule has 0 radical (unpaired) electrons. The second-order valence-electron chi connectivity index (χ2n) is 8.21. The molecular weight excluding hydrogens is 418 g/mol. The van der Waals surface area contributed by atoms with E-state index in [9.17, 15) is 18.7 Å². The summed E-state index contributed by atoms with van der Waals surface area (Å²) < 4.78 is 32.3. The fourth-order valence-electron chi connectivity index (χ4n) is 4.13. The first-order valence-electron chi connectivity index (χ1n) is 10.1. The lowest BCUT2D eigenvalue weighted by Crippen LogP contribution is -2.48. The van der Waals surface area contributed by atoms with E-state index in [1.54, 1.807) is 0 Å². The fraction of sp³-hybridized carbons (Fsp3) is 0.667. The molecule has 2 amide bonds. The lowest BCUT2D eigenvalue weighted by Gasteiger charge is -2.31. The number of nitrogens with one attached hydrogen (secondary N) is 2. The molecule has 3 heterocycles. The first kappa shape index (κ1) is 19.6. The summed E-state index contributed by atoms with van der Waals surface area (Å²) in [6, 6.07) is -0.00330. The maximum absolute atomic E-state index is 13.5. The summed E-state index contributed by atoms with van der Waals surface area (Å²) in [6.07, 6.45) is 1.46. The van der Waals surface area contributed by atoms with Crippen LogP contribution in [0.1, 0.15) is 54.4 Å². The topological polar surface area (TPSA) is 116 Å². The number of rotatable bonds is 4. The van der Waals surface area contributed by atoms with Crippen LogP contribution in [0.2, 0.25) is 0 Å². The van der Waals surface area contributed by atoms with Gasteiger partial charge >= 0.3 is 12.0 Å². The second-order valence-corrected chi connectivity index (χ2v) is 9.30. The molecule has 1 atom stereocenters. The van der Waals surface area contributed by atoms with Crippen molar-refractivity contribution in [1.82, 2.24) is 20.4 Å². The van der Waals surface area contributed by atoms with Gasteiger partial charge < -0.3 is 19.8 Å². The Kier molecular flexibility index (Phi) is 4.85. The third-order valence-corrected chi connectivity index (χ3v) is 6.87. The average Bonchev–Trinajstić information content (AvgIpc) is 3.37. The number of fused-ring (bicyclic) bond motifs is 1. The molecule has 0 saturated heterocycles. The summed E-state index contributed by atoms with van der Waals surface area (Å²) in [5, 5.41) is 19.3. The predicted molar refractivity (Wildman–Crippen MR) is 104 cm³/mol. The maximum Gasteiger partial charge on any atom is 0.324 e. The second kappa shape index (κ2) is 7.41. The number of anilines is 2. The summed E-state index contributed by atoms with van der Waals surface area (Å²) in [4.78, 5) is 23.8. The van der Waals surface area contributed by atoms with Crippen LogP contribution in [0.3, 0.4) is 0 Å². The number of halogens is 2. The lowest BCUT2D eigenvalue weighted by molar-refractivity contribution is 0.00749. The molecular formula is C18H22F2N6O3S. The van der Waals surface area contributed by atoms with Crippen molar-refractivity contribution in [2.75, 3.05) is 16.8 Å². The zero-order valence-electron chi connectivity index (χ0n) is 16.1. The van der Waals surface area contributed by atoms with Gasteiger partial charge in [0.25, 0.3) is 0 Å². The van der Waals surface area contributed by atoms with E-state index in [1.807, 2.05) is 4.90 Å². The van der Waals surface area contributed by atoms with Gasteiger partial charge in [0.15, 0.2) is 11.0 Å². The van der Waals surface area contributed by atoms with Crippen molar-refractivity contribution in [2.24, 2.45) is 0 Å². The van der Waals surface area contributed by atoms with Crippen molar-refractivity contribution in [3.05, 3.63) is 16.4 Å². The van der Waals surface area contributed by atoms with Gasteiger partial charge in [-0.3, -0.25) is 5.32 Å². The highest BCUT2D eigenvalue weighted by Crippen LogP contribution is 2.43. The van der Waals surface area contributed by atoms with Crippen LogP contribution in [-0.2, 0) is 13.0 Å². The summed E-state index contributed by atoms with van der Waals surface area (Å²) in [5.74, 6) is -2.67. The quantitative estimate of drug-likeness (QED) is 0.669. The normalized spacial score (nSPS) is 27.4. The number of aliphatic hydroxyl groups excluding tert-OH is 1. The van der Waals surface area contributed by atoms with Crippen molar-refractivity contribution in [3.8, 4) is 0 Å². The molecule has 2 aliphatic carbocycles. The van der Waals surface area contributed by atoms with Gasteiger partial charge in [0.2, 0.25) is 5.92 Å². The minimum Gasteiger partial charge on any atom is -0.393 e. The van der Waals surface area contributed by atoms with Crippen LogP contribution in [0.4, 0.5) is 24.7 Å². The lowest BCUT2D eigenvalue weighted by atomic mass is 9.90. The molecule has 1 aliphatic heterocycles. The van der Waals surface area contributed by atoms with E-state index in [4.69, 9.17) is 4.52 Å².